The van der Waals surface area contributed by atoms with Gasteiger partial charge in [-0.1, -0.05) is 17.7 Å². The summed E-state index contributed by atoms with van der Waals surface area (Å²) in [6.45, 7) is 0.00379. The van der Waals surface area contributed by atoms with Crippen LogP contribution in [0.1, 0.15) is 12.0 Å². The van der Waals surface area contributed by atoms with Crippen molar-refractivity contribution in [2.24, 2.45) is 11.5 Å². The maximum absolute atomic E-state index is 13.0. The number of rotatable bonds is 5. The number of ether oxygens (including phenoxy) is 2. The molecule has 27 heavy (non-hydrogen) atoms. The Kier molecular flexibility index (Phi) is 6.16. The SMILES string of the molecule is NC(=O)OC1=C(CC(F)(F)F)C(OC(N)=O)N(Cc2ccc(Cl)nc2)C=C1. The van der Waals surface area contributed by atoms with Gasteiger partial charge in [0.25, 0.3) is 0 Å². The minimum Gasteiger partial charge on any atom is -0.421 e. The third-order valence-corrected chi connectivity index (χ3v) is 3.54. The smallest absolute Gasteiger partial charge is 0.409 e. The van der Waals surface area contributed by atoms with E-state index in [0.717, 1.165) is 6.08 Å². The Hall–Kier alpha value is -2.95. The van der Waals surface area contributed by atoms with Gasteiger partial charge in [-0.25, -0.2) is 14.6 Å². The molecule has 8 nitrogen and oxygen atoms in total. The van der Waals surface area contributed by atoms with Gasteiger partial charge in [0.2, 0.25) is 6.23 Å². The second-order valence-electron chi connectivity index (χ2n) is 5.37. The molecule has 0 radical (unpaired) electrons. The van der Waals surface area contributed by atoms with Crippen LogP contribution in [0.2, 0.25) is 5.15 Å². The van der Waals surface area contributed by atoms with E-state index in [1.54, 1.807) is 6.07 Å². The van der Waals surface area contributed by atoms with Crippen LogP contribution in [0.25, 0.3) is 0 Å². The molecule has 2 rings (SSSR count). The molecule has 0 saturated carbocycles. The van der Waals surface area contributed by atoms with Crippen molar-refractivity contribution >= 4 is 23.8 Å². The number of primary amides is 2. The van der Waals surface area contributed by atoms with E-state index in [-0.39, 0.29) is 11.7 Å². The molecule has 0 aliphatic carbocycles. The molecule has 0 bridgehead atoms. The number of hydrogen-bond donors (Lipinski definition) is 2. The van der Waals surface area contributed by atoms with Gasteiger partial charge < -0.3 is 25.8 Å². The van der Waals surface area contributed by atoms with Crippen LogP contribution in [0.3, 0.4) is 0 Å². The van der Waals surface area contributed by atoms with E-state index in [1.165, 1.54) is 23.4 Å². The van der Waals surface area contributed by atoms with E-state index in [4.69, 9.17) is 27.8 Å². The lowest BCUT2D eigenvalue weighted by Gasteiger charge is -2.35. The summed E-state index contributed by atoms with van der Waals surface area (Å²) >= 11 is 5.70. The Balaban J connectivity index is 2.39. The Bertz CT molecular complexity index is 780. The quantitative estimate of drug-likeness (QED) is 0.725. The Labute approximate surface area is 156 Å². The predicted molar refractivity (Wildman–Crippen MR) is 86.8 cm³/mol. The molecule has 2 heterocycles. The summed E-state index contributed by atoms with van der Waals surface area (Å²) in [6, 6.07) is 3.08. The highest BCUT2D eigenvalue weighted by Gasteiger charge is 2.39. The third-order valence-electron chi connectivity index (χ3n) is 3.32. The zero-order chi connectivity index (χ0) is 20.2. The molecule has 4 N–H and O–H groups in total. The van der Waals surface area contributed by atoms with Crippen molar-refractivity contribution in [3.05, 3.63) is 52.7 Å². The fourth-order valence-electron chi connectivity index (χ4n) is 2.36. The second kappa shape index (κ2) is 8.16. The number of hydrogen-bond acceptors (Lipinski definition) is 6. The number of carbonyl (C=O) groups is 2. The molecule has 1 atom stereocenters. The molecule has 1 aliphatic heterocycles. The maximum atomic E-state index is 13.0. The average molecular weight is 407 g/mol. The number of aromatic nitrogens is 1. The van der Waals surface area contributed by atoms with Crippen molar-refractivity contribution in [1.82, 2.24) is 9.88 Å². The van der Waals surface area contributed by atoms with Crippen LogP contribution < -0.4 is 11.5 Å². The minimum absolute atomic E-state index is 0.00379. The lowest BCUT2D eigenvalue weighted by Crippen LogP contribution is -2.41. The van der Waals surface area contributed by atoms with E-state index >= 15 is 0 Å². The predicted octanol–water partition coefficient (Wildman–Crippen LogP) is 2.79. The lowest BCUT2D eigenvalue weighted by atomic mass is 10.0. The first-order valence-electron chi connectivity index (χ1n) is 7.32. The van der Waals surface area contributed by atoms with Gasteiger partial charge >= 0.3 is 18.4 Å². The normalized spacial score (nSPS) is 17.0. The summed E-state index contributed by atoms with van der Waals surface area (Å²) < 4.78 is 48.5. The molecule has 0 saturated heterocycles. The van der Waals surface area contributed by atoms with Gasteiger partial charge in [0.05, 0.1) is 6.42 Å². The number of carbonyl (C=O) groups excluding carboxylic acids is 2. The second-order valence-corrected chi connectivity index (χ2v) is 5.76. The molecule has 1 aromatic heterocycles. The molecule has 1 aliphatic rings. The number of amides is 2. The van der Waals surface area contributed by atoms with Gasteiger partial charge in [0, 0.05) is 24.5 Å². The Morgan fingerprint density at radius 3 is 2.48 bits per heavy atom. The highest BCUT2D eigenvalue weighted by Crippen LogP contribution is 2.34. The molecule has 0 aromatic carbocycles. The third kappa shape index (κ3) is 6.06. The first-order chi connectivity index (χ1) is 12.5. The van der Waals surface area contributed by atoms with Gasteiger partial charge in [0.1, 0.15) is 10.9 Å². The minimum atomic E-state index is -4.68. The van der Waals surface area contributed by atoms with Gasteiger partial charge in [0.15, 0.2) is 0 Å². The molecule has 12 heteroatoms. The average Bonchev–Trinajstić information content (AvgIpc) is 2.53. The number of allylic oxidation sites excluding steroid dienone is 1. The molecule has 0 spiro atoms. The van der Waals surface area contributed by atoms with Crippen molar-refractivity contribution in [2.45, 2.75) is 25.4 Å². The first-order valence-corrected chi connectivity index (χ1v) is 7.70. The van der Waals surface area contributed by atoms with Crippen LogP contribution in [-0.2, 0) is 16.0 Å². The molecule has 1 aromatic rings. The van der Waals surface area contributed by atoms with Gasteiger partial charge in [-0.05, 0) is 17.7 Å². The monoisotopic (exact) mass is 406 g/mol. The number of nitrogens with two attached hydrogens (primary N) is 2. The molecule has 0 fully saturated rings. The highest BCUT2D eigenvalue weighted by atomic mass is 35.5. The highest BCUT2D eigenvalue weighted by molar-refractivity contribution is 6.29. The molecule has 146 valence electrons. The van der Waals surface area contributed by atoms with E-state index in [1.807, 2.05) is 0 Å². The lowest BCUT2D eigenvalue weighted by molar-refractivity contribution is -0.132. The molecule has 1 unspecified atom stereocenters. The van der Waals surface area contributed by atoms with Crippen LogP contribution in [0.5, 0.6) is 0 Å². The van der Waals surface area contributed by atoms with Gasteiger partial charge in [-0.2, -0.15) is 13.2 Å². The van der Waals surface area contributed by atoms with Crippen molar-refractivity contribution < 1.29 is 32.2 Å². The van der Waals surface area contributed by atoms with E-state index in [0.29, 0.717) is 5.56 Å². The maximum Gasteiger partial charge on any atom is 0.409 e. The Morgan fingerprint density at radius 2 is 1.96 bits per heavy atom. The van der Waals surface area contributed by atoms with Crippen LogP contribution >= 0.6 is 11.6 Å². The molecule has 2 amide bonds. The van der Waals surface area contributed by atoms with Crippen molar-refractivity contribution in [1.29, 1.82) is 0 Å². The van der Waals surface area contributed by atoms with E-state index in [2.05, 4.69) is 9.72 Å². The summed E-state index contributed by atoms with van der Waals surface area (Å²) in [4.78, 5) is 27.4. The van der Waals surface area contributed by atoms with Gasteiger partial charge in [-0.3, -0.25) is 0 Å². The fraction of sp³-hybridized carbons (Fsp3) is 0.267. The van der Waals surface area contributed by atoms with Crippen LogP contribution in [-0.4, -0.2) is 34.5 Å². The zero-order valence-electron chi connectivity index (χ0n) is 13.6. The zero-order valence-corrected chi connectivity index (χ0v) is 14.3. The summed E-state index contributed by atoms with van der Waals surface area (Å²) in [5, 5.41) is 0.229. The number of halogens is 4. The largest absolute Gasteiger partial charge is 0.421 e. The summed E-state index contributed by atoms with van der Waals surface area (Å²) in [5.74, 6) is -0.475. The Morgan fingerprint density at radius 1 is 1.26 bits per heavy atom. The van der Waals surface area contributed by atoms with Crippen LogP contribution in [0.15, 0.2) is 41.9 Å². The van der Waals surface area contributed by atoms with Crippen LogP contribution in [0.4, 0.5) is 22.8 Å². The standard InChI is InChI=1S/C15H14ClF3N4O4/c16-11-2-1-8(6-22-11)7-23-4-3-10(26-13(20)24)9(5-15(17,18)19)12(23)27-14(21)25/h1-4,6,12H,5,7H2,(H2,20,24)(H2,21,25). The van der Waals surface area contributed by atoms with Crippen LogP contribution in [0, 0.1) is 0 Å². The van der Waals surface area contributed by atoms with Crippen molar-refractivity contribution in [3.8, 4) is 0 Å². The fourth-order valence-corrected chi connectivity index (χ4v) is 2.48. The number of pyridine rings is 1. The summed E-state index contributed by atoms with van der Waals surface area (Å²) in [7, 11) is 0. The van der Waals surface area contributed by atoms with E-state index < -0.39 is 42.3 Å². The summed E-state index contributed by atoms with van der Waals surface area (Å²) in [5.41, 5.74) is 9.91. The summed E-state index contributed by atoms with van der Waals surface area (Å²) in [6.07, 6.45) is -6.61. The first kappa shape index (κ1) is 20.4. The number of alkyl halides is 3. The number of nitrogens with zero attached hydrogens (tertiary/aromatic N) is 2. The molecular formula is C15H14ClF3N4O4. The topological polar surface area (TPSA) is 121 Å². The van der Waals surface area contributed by atoms with E-state index in [9.17, 15) is 22.8 Å². The van der Waals surface area contributed by atoms with Crippen molar-refractivity contribution in [2.75, 3.05) is 0 Å². The van der Waals surface area contributed by atoms with Crippen molar-refractivity contribution in [3.63, 3.8) is 0 Å². The molecular weight excluding hydrogens is 393 g/mol. The van der Waals surface area contributed by atoms with Gasteiger partial charge in [-0.15, -0.1) is 0 Å².